The Hall–Kier alpha value is -0.980. The Kier molecular flexibility index (Phi) is 4.05. The first-order valence-electron chi connectivity index (χ1n) is 7.36. The molecule has 2 fully saturated rings. The van der Waals surface area contributed by atoms with Gasteiger partial charge in [-0.3, -0.25) is 9.69 Å². The summed E-state index contributed by atoms with van der Waals surface area (Å²) in [4.78, 5) is 21.1. The molecule has 2 heterocycles. The van der Waals surface area contributed by atoms with Crippen LogP contribution in [0.5, 0.6) is 0 Å². The lowest BCUT2D eigenvalue weighted by Gasteiger charge is -2.34. The molecule has 1 amide bonds. The number of carbonyl (C=O) groups excluding carboxylic acids is 1. The second-order valence-electron chi connectivity index (χ2n) is 5.90. The SMILES string of the molecule is CC(N)c1nc(C(=O)N2CCN(CC3CC3)CC2)cs1. The number of nitrogens with zero attached hydrogens (tertiary/aromatic N) is 3. The van der Waals surface area contributed by atoms with E-state index in [1.165, 1.54) is 30.7 Å². The summed E-state index contributed by atoms with van der Waals surface area (Å²) < 4.78 is 0. The summed E-state index contributed by atoms with van der Waals surface area (Å²) in [7, 11) is 0. The molecule has 0 spiro atoms. The molecule has 1 atom stereocenters. The number of carbonyl (C=O) groups is 1. The molecule has 3 rings (SSSR count). The van der Waals surface area contributed by atoms with E-state index in [2.05, 4.69) is 9.88 Å². The molecule has 1 aliphatic carbocycles. The Morgan fingerprint density at radius 3 is 2.70 bits per heavy atom. The lowest BCUT2D eigenvalue weighted by atomic mass is 10.2. The first-order chi connectivity index (χ1) is 9.63. The van der Waals surface area contributed by atoms with Crippen LogP contribution in [-0.2, 0) is 0 Å². The fourth-order valence-corrected chi connectivity index (χ4v) is 3.31. The van der Waals surface area contributed by atoms with Crippen molar-refractivity contribution in [1.82, 2.24) is 14.8 Å². The second-order valence-corrected chi connectivity index (χ2v) is 6.79. The van der Waals surface area contributed by atoms with Gasteiger partial charge in [-0.2, -0.15) is 0 Å². The molecule has 6 heteroatoms. The molecule has 1 aromatic rings. The maximum Gasteiger partial charge on any atom is 0.273 e. The van der Waals surface area contributed by atoms with Crippen molar-refractivity contribution in [3.63, 3.8) is 0 Å². The van der Waals surface area contributed by atoms with Crippen LogP contribution < -0.4 is 5.73 Å². The van der Waals surface area contributed by atoms with Gasteiger partial charge >= 0.3 is 0 Å². The first kappa shape index (κ1) is 14.0. The van der Waals surface area contributed by atoms with Crippen LogP contribution in [-0.4, -0.2) is 53.4 Å². The lowest BCUT2D eigenvalue weighted by Crippen LogP contribution is -2.49. The van der Waals surface area contributed by atoms with Gasteiger partial charge in [0.2, 0.25) is 0 Å². The number of thiazole rings is 1. The zero-order chi connectivity index (χ0) is 14.1. The molecule has 1 unspecified atom stereocenters. The zero-order valence-electron chi connectivity index (χ0n) is 11.9. The molecule has 110 valence electrons. The highest BCUT2D eigenvalue weighted by atomic mass is 32.1. The highest BCUT2D eigenvalue weighted by Gasteiger charge is 2.28. The van der Waals surface area contributed by atoms with Crippen molar-refractivity contribution in [3.05, 3.63) is 16.1 Å². The van der Waals surface area contributed by atoms with E-state index in [9.17, 15) is 4.79 Å². The van der Waals surface area contributed by atoms with Crippen LogP contribution in [0.25, 0.3) is 0 Å². The van der Waals surface area contributed by atoms with Gasteiger partial charge in [0.25, 0.3) is 5.91 Å². The zero-order valence-corrected chi connectivity index (χ0v) is 12.7. The molecular weight excluding hydrogens is 272 g/mol. The standard InChI is InChI=1S/C14H22N4OS/c1-10(15)13-16-12(9-20-13)14(19)18-6-4-17(5-7-18)8-11-2-3-11/h9-11H,2-8,15H2,1H3. The van der Waals surface area contributed by atoms with Crippen molar-refractivity contribution < 1.29 is 4.79 Å². The number of aromatic nitrogens is 1. The van der Waals surface area contributed by atoms with Crippen LogP contribution in [0, 0.1) is 5.92 Å². The quantitative estimate of drug-likeness (QED) is 0.910. The van der Waals surface area contributed by atoms with Crippen LogP contribution in [0.4, 0.5) is 0 Å². The molecule has 0 radical (unpaired) electrons. The van der Waals surface area contributed by atoms with Crippen molar-refractivity contribution in [1.29, 1.82) is 0 Å². The maximum absolute atomic E-state index is 12.4. The van der Waals surface area contributed by atoms with Gasteiger partial charge in [-0.05, 0) is 25.7 Å². The van der Waals surface area contributed by atoms with Gasteiger partial charge in [-0.1, -0.05) is 0 Å². The first-order valence-corrected chi connectivity index (χ1v) is 8.24. The maximum atomic E-state index is 12.4. The third-order valence-corrected chi connectivity index (χ3v) is 5.05. The topological polar surface area (TPSA) is 62.5 Å². The van der Waals surface area contributed by atoms with Gasteiger partial charge in [-0.25, -0.2) is 4.98 Å². The normalized spacial score (nSPS) is 22.0. The van der Waals surface area contributed by atoms with Gasteiger partial charge in [0.05, 0.1) is 6.04 Å². The molecule has 1 saturated carbocycles. The molecule has 2 aliphatic rings. The molecule has 2 N–H and O–H groups in total. The number of hydrogen-bond donors (Lipinski definition) is 1. The van der Waals surface area contributed by atoms with Crippen molar-refractivity contribution in [2.45, 2.75) is 25.8 Å². The molecular formula is C14H22N4OS. The van der Waals surface area contributed by atoms with Crippen molar-refractivity contribution >= 4 is 17.2 Å². The monoisotopic (exact) mass is 294 g/mol. The molecule has 1 aromatic heterocycles. The van der Waals surface area contributed by atoms with Gasteiger partial charge in [-0.15, -0.1) is 11.3 Å². The van der Waals surface area contributed by atoms with E-state index in [0.29, 0.717) is 5.69 Å². The summed E-state index contributed by atoms with van der Waals surface area (Å²) in [5.41, 5.74) is 6.35. The lowest BCUT2D eigenvalue weighted by molar-refractivity contribution is 0.0627. The fraction of sp³-hybridized carbons (Fsp3) is 0.714. The average molecular weight is 294 g/mol. The van der Waals surface area contributed by atoms with Crippen LogP contribution in [0.2, 0.25) is 0 Å². The number of amides is 1. The molecule has 1 aliphatic heterocycles. The average Bonchev–Trinajstić information content (AvgIpc) is 3.11. The third-order valence-electron chi connectivity index (χ3n) is 4.00. The summed E-state index contributed by atoms with van der Waals surface area (Å²) >= 11 is 1.47. The second kappa shape index (κ2) is 5.79. The van der Waals surface area contributed by atoms with Crippen LogP contribution in [0.1, 0.15) is 41.3 Å². The number of rotatable bonds is 4. The van der Waals surface area contributed by atoms with E-state index in [4.69, 9.17) is 5.73 Å². The van der Waals surface area contributed by atoms with Gasteiger partial charge in [0, 0.05) is 38.1 Å². The Bertz CT molecular complexity index is 475. The fourth-order valence-electron chi connectivity index (χ4n) is 2.56. The molecule has 0 aromatic carbocycles. The number of nitrogens with two attached hydrogens (primary N) is 1. The predicted molar refractivity (Wildman–Crippen MR) is 79.8 cm³/mol. The van der Waals surface area contributed by atoms with E-state index in [1.807, 2.05) is 17.2 Å². The minimum atomic E-state index is -0.100. The van der Waals surface area contributed by atoms with Gasteiger partial charge in [0.15, 0.2) is 0 Å². The van der Waals surface area contributed by atoms with Crippen LogP contribution >= 0.6 is 11.3 Å². The molecule has 1 saturated heterocycles. The molecule has 0 bridgehead atoms. The number of piperazine rings is 1. The van der Waals surface area contributed by atoms with E-state index in [0.717, 1.165) is 37.1 Å². The molecule has 20 heavy (non-hydrogen) atoms. The van der Waals surface area contributed by atoms with Crippen LogP contribution in [0.15, 0.2) is 5.38 Å². The minimum Gasteiger partial charge on any atom is -0.335 e. The van der Waals surface area contributed by atoms with E-state index in [1.54, 1.807) is 0 Å². The van der Waals surface area contributed by atoms with Crippen molar-refractivity contribution in [3.8, 4) is 0 Å². The smallest absolute Gasteiger partial charge is 0.273 e. The largest absolute Gasteiger partial charge is 0.335 e. The summed E-state index contributed by atoms with van der Waals surface area (Å²) in [5, 5.41) is 2.66. The highest BCUT2D eigenvalue weighted by molar-refractivity contribution is 7.09. The minimum absolute atomic E-state index is 0.0548. The van der Waals surface area contributed by atoms with Gasteiger partial charge in [0.1, 0.15) is 10.7 Å². The summed E-state index contributed by atoms with van der Waals surface area (Å²) in [6.07, 6.45) is 2.77. The Balaban J connectivity index is 1.54. The summed E-state index contributed by atoms with van der Waals surface area (Å²) in [6, 6.07) is -0.100. The third kappa shape index (κ3) is 3.19. The van der Waals surface area contributed by atoms with E-state index in [-0.39, 0.29) is 11.9 Å². The Morgan fingerprint density at radius 1 is 1.45 bits per heavy atom. The Morgan fingerprint density at radius 2 is 2.15 bits per heavy atom. The van der Waals surface area contributed by atoms with Gasteiger partial charge < -0.3 is 10.6 Å². The molecule has 5 nitrogen and oxygen atoms in total. The van der Waals surface area contributed by atoms with E-state index >= 15 is 0 Å². The van der Waals surface area contributed by atoms with E-state index < -0.39 is 0 Å². The summed E-state index contributed by atoms with van der Waals surface area (Å²) in [6.45, 7) is 6.73. The Labute approximate surface area is 123 Å². The summed E-state index contributed by atoms with van der Waals surface area (Å²) in [5.74, 6) is 0.976. The van der Waals surface area contributed by atoms with Crippen molar-refractivity contribution in [2.75, 3.05) is 32.7 Å². The predicted octanol–water partition coefficient (Wildman–Crippen LogP) is 1.33. The van der Waals surface area contributed by atoms with Crippen LogP contribution in [0.3, 0.4) is 0 Å². The highest BCUT2D eigenvalue weighted by Crippen LogP contribution is 2.30. The van der Waals surface area contributed by atoms with Crippen molar-refractivity contribution in [2.24, 2.45) is 11.7 Å². The number of hydrogen-bond acceptors (Lipinski definition) is 5.